The lowest BCUT2D eigenvalue weighted by molar-refractivity contribution is -0.153. The first-order chi connectivity index (χ1) is 12.4. The molecule has 7 heteroatoms. The zero-order valence-electron chi connectivity index (χ0n) is 15.4. The van der Waals surface area contributed by atoms with E-state index in [1.807, 2.05) is 9.80 Å². The standard InChI is InChI=1S/C19H30N2O4S/c22-18(15-5-2-1-3-6-15)20-11-16(12-20)19(23)21-9-10-26(24,25)13-17(21)14-7-4-8-14/h14-17H,1-13H2. The number of hydrogen-bond acceptors (Lipinski definition) is 4. The van der Waals surface area contributed by atoms with Gasteiger partial charge in [-0.1, -0.05) is 25.7 Å². The maximum atomic E-state index is 13.0. The zero-order valence-corrected chi connectivity index (χ0v) is 16.3. The van der Waals surface area contributed by atoms with Crippen LogP contribution in [0.2, 0.25) is 0 Å². The van der Waals surface area contributed by atoms with E-state index in [9.17, 15) is 18.0 Å². The predicted molar refractivity (Wildman–Crippen MR) is 98.1 cm³/mol. The number of likely N-dealkylation sites (tertiary alicyclic amines) is 1. The minimum absolute atomic E-state index is 0.0736. The molecular formula is C19H30N2O4S. The number of amides is 2. The Morgan fingerprint density at radius 1 is 0.808 bits per heavy atom. The second-order valence-electron chi connectivity index (χ2n) is 8.68. The van der Waals surface area contributed by atoms with Crippen LogP contribution in [0.25, 0.3) is 0 Å². The average Bonchev–Trinajstić information content (AvgIpc) is 2.52. The van der Waals surface area contributed by atoms with Gasteiger partial charge in [0.2, 0.25) is 11.8 Å². The van der Waals surface area contributed by atoms with Crippen molar-refractivity contribution in [2.75, 3.05) is 31.1 Å². The molecule has 4 aliphatic rings. The first kappa shape index (κ1) is 18.3. The summed E-state index contributed by atoms with van der Waals surface area (Å²) >= 11 is 0. The van der Waals surface area contributed by atoms with E-state index in [4.69, 9.17) is 0 Å². The normalized spacial score (nSPS) is 30.5. The van der Waals surface area contributed by atoms with Crippen LogP contribution in [0, 0.1) is 17.8 Å². The Balaban J connectivity index is 1.35. The number of carbonyl (C=O) groups is 2. The Bertz CT molecular complexity index is 661. The first-order valence-corrected chi connectivity index (χ1v) is 12.1. The zero-order chi connectivity index (χ0) is 18.3. The van der Waals surface area contributed by atoms with Crippen LogP contribution < -0.4 is 0 Å². The van der Waals surface area contributed by atoms with Crippen LogP contribution in [0.5, 0.6) is 0 Å². The van der Waals surface area contributed by atoms with Crippen LogP contribution in [0.1, 0.15) is 51.4 Å². The summed E-state index contributed by atoms with van der Waals surface area (Å²) in [6.07, 6.45) is 8.67. The summed E-state index contributed by atoms with van der Waals surface area (Å²) in [7, 11) is -3.03. The van der Waals surface area contributed by atoms with Crippen molar-refractivity contribution in [1.29, 1.82) is 0 Å². The van der Waals surface area contributed by atoms with Crippen LogP contribution in [0.4, 0.5) is 0 Å². The molecule has 0 aromatic carbocycles. The number of sulfone groups is 1. The molecule has 0 bridgehead atoms. The predicted octanol–water partition coefficient (Wildman–Crippen LogP) is 1.45. The molecule has 26 heavy (non-hydrogen) atoms. The second-order valence-corrected chi connectivity index (χ2v) is 10.9. The Kier molecular flexibility index (Phi) is 5.01. The molecule has 0 aromatic heterocycles. The summed E-state index contributed by atoms with van der Waals surface area (Å²) in [5.74, 6) is 0.873. The molecule has 4 fully saturated rings. The van der Waals surface area contributed by atoms with Crippen LogP contribution >= 0.6 is 0 Å². The van der Waals surface area contributed by atoms with E-state index >= 15 is 0 Å². The van der Waals surface area contributed by atoms with E-state index in [2.05, 4.69) is 0 Å². The fraction of sp³-hybridized carbons (Fsp3) is 0.895. The van der Waals surface area contributed by atoms with Crippen molar-refractivity contribution in [2.24, 2.45) is 17.8 Å². The monoisotopic (exact) mass is 382 g/mol. The van der Waals surface area contributed by atoms with Crippen molar-refractivity contribution < 1.29 is 18.0 Å². The fourth-order valence-electron chi connectivity index (χ4n) is 4.98. The van der Waals surface area contributed by atoms with Crippen LogP contribution in [-0.2, 0) is 19.4 Å². The molecule has 1 atom stereocenters. The van der Waals surface area contributed by atoms with Crippen molar-refractivity contribution in [2.45, 2.75) is 57.4 Å². The van der Waals surface area contributed by atoms with Crippen molar-refractivity contribution in [3.05, 3.63) is 0 Å². The second kappa shape index (κ2) is 7.13. The summed E-state index contributed by atoms with van der Waals surface area (Å²) in [6, 6.07) is -0.141. The Hall–Kier alpha value is -1.11. The lowest BCUT2D eigenvalue weighted by Gasteiger charge is -2.48. The SMILES string of the molecule is O=C(C1CCCCC1)N1CC(C(=O)N2CCS(=O)(=O)CC2C2CCC2)C1. The highest BCUT2D eigenvalue weighted by atomic mass is 32.2. The summed E-state index contributed by atoms with van der Waals surface area (Å²) in [4.78, 5) is 29.2. The van der Waals surface area contributed by atoms with Gasteiger partial charge in [-0.25, -0.2) is 8.42 Å². The minimum Gasteiger partial charge on any atom is -0.341 e. The number of nitrogens with zero attached hydrogens (tertiary/aromatic N) is 2. The molecule has 0 radical (unpaired) electrons. The molecule has 4 rings (SSSR count). The van der Waals surface area contributed by atoms with Gasteiger partial charge < -0.3 is 9.80 Å². The molecular weight excluding hydrogens is 352 g/mol. The lowest BCUT2D eigenvalue weighted by Crippen LogP contribution is -2.62. The van der Waals surface area contributed by atoms with Crippen molar-refractivity contribution >= 4 is 21.7 Å². The molecule has 146 valence electrons. The molecule has 1 unspecified atom stereocenters. The van der Waals surface area contributed by atoms with Gasteiger partial charge in [0.05, 0.1) is 17.4 Å². The lowest BCUT2D eigenvalue weighted by atomic mass is 9.79. The van der Waals surface area contributed by atoms with Gasteiger partial charge >= 0.3 is 0 Å². The Labute approximate surface area is 156 Å². The maximum absolute atomic E-state index is 13.0. The van der Waals surface area contributed by atoms with E-state index in [-0.39, 0.29) is 41.2 Å². The molecule has 2 amide bonds. The fourth-order valence-corrected chi connectivity index (χ4v) is 6.60. The Morgan fingerprint density at radius 3 is 2.12 bits per heavy atom. The van der Waals surface area contributed by atoms with Gasteiger partial charge in [0.25, 0.3) is 0 Å². The topological polar surface area (TPSA) is 74.8 Å². The quantitative estimate of drug-likeness (QED) is 0.740. The Morgan fingerprint density at radius 2 is 1.50 bits per heavy atom. The van der Waals surface area contributed by atoms with Crippen LogP contribution in [-0.4, -0.2) is 67.2 Å². The minimum atomic E-state index is -3.03. The molecule has 2 heterocycles. The average molecular weight is 383 g/mol. The highest BCUT2D eigenvalue weighted by Crippen LogP contribution is 2.36. The molecule has 2 aliphatic carbocycles. The van der Waals surface area contributed by atoms with Crippen molar-refractivity contribution in [1.82, 2.24) is 9.80 Å². The number of rotatable bonds is 3. The van der Waals surface area contributed by atoms with Gasteiger partial charge in [-0.3, -0.25) is 9.59 Å². The summed E-state index contributed by atoms with van der Waals surface area (Å²) in [6.45, 7) is 1.37. The van der Waals surface area contributed by atoms with E-state index in [1.54, 1.807) is 0 Å². The van der Waals surface area contributed by atoms with Crippen molar-refractivity contribution in [3.63, 3.8) is 0 Å². The smallest absolute Gasteiger partial charge is 0.229 e. The first-order valence-electron chi connectivity index (χ1n) is 10.2. The van der Waals surface area contributed by atoms with E-state index in [0.717, 1.165) is 44.9 Å². The van der Waals surface area contributed by atoms with Gasteiger partial charge in [0, 0.05) is 31.6 Å². The van der Waals surface area contributed by atoms with Gasteiger partial charge in [0.15, 0.2) is 9.84 Å². The number of hydrogen-bond donors (Lipinski definition) is 0. The maximum Gasteiger partial charge on any atom is 0.229 e. The largest absolute Gasteiger partial charge is 0.341 e. The summed E-state index contributed by atoms with van der Waals surface area (Å²) < 4.78 is 24.1. The van der Waals surface area contributed by atoms with Gasteiger partial charge in [-0.2, -0.15) is 0 Å². The van der Waals surface area contributed by atoms with E-state index in [1.165, 1.54) is 6.42 Å². The third kappa shape index (κ3) is 3.51. The number of carbonyl (C=O) groups excluding carboxylic acids is 2. The summed E-state index contributed by atoms with van der Waals surface area (Å²) in [5, 5.41) is 0. The van der Waals surface area contributed by atoms with Gasteiger partial charge in [-0.15, -0.1) is 0 Å². The third-order valence-electron chi connectivity index (χ3n) is 6.94. The highest BCUT2D eigenvalue weighted by Gasteiger charge is 2.46. The molecule has 6 nitrogen and oxygen atoms in total. The van der Waals surface area contributed by atoms with Gasteiger partial charge in [0.1, 0.15) is 0 Å². The highest BCUT2D eigenvalue weighted by molar-refractivity contribution is 7.91. The molecule has 2 aliphatic heterocycles. The molecule has 0 N–H and O–H groups in total. The molecule has 0 spiro atoms. The van der Waals surface area contributed by atoms with E-state index < -0.39 is 9.84 Å². The molecule has 2 saturated heterocycles. The van der Waals surface area contributed by atoms with E-state index in [0.29, 0.717) is 25.6 Å². The van der Waals surface area contributed by atoms with Gasteiger partial charge in [-0.05, 0) is 31.6 Å². The van der Waals surface area contributed by atoms with Crippen LogP contribution in [0.15, 0.2) is 0 Å². The van der Waals surface area contributed by atoms with Crippen LogP contribution in [0.3, 0.4) is 0 Å². The summed E-state index contributed by atoms with van der Waals surface area (Å²) in [5.41, 5.74) is 0. The van der Waals surface area contributed by atoms with Crippen molar-refractivity contribution in [3.8, 4) is 0 Å². The third-order valence-corrected chi connectivity index (χ3v) is 8.60. The molecule has 0 aromatic rings. The molecule has 2 saturated carbocycles.